The van der Waals surface area contributed by atoms with Crippen molar-refractivity contribution >= 4 is 38.9 Å². The third-order valence-corrected chi connectivity index (χ3v) is 8.87. The van der Waals surface area contributed by atoms with E-state index in [1.165, 1.54) is 52.0 Å². The summed E-state index contributed by atoms with van der Waals surface area (Å²) in [7, 11) is 0. The van der Waals surface area contributed by atoms with Crippen molar-refractivity contribution in [3.8, 4) is 29.0 Å². The van der Waals surface area contributed by atoms with Gasteiger partial charge in [0.2, 0.25) is 11.8 Å². The predicted octanol–water partition coefficient (Wildman–Crippen LogP) is 2.80. The zero-order chi connectivity index (χ0) is 28.6. The molecule has 10 N–H and O–H groups in total. The van der Waals surface area contributed by atoms with E-state index in [4.69, 9.17) is 4.74 Å². The van der Waals surface area contributed by atoms with Gasteiger partial charge in [-0.25, -0.2) is 0 Å². The first-order chi connectivity index (χ1) is 20.1. The number of benzene rings is 3. The van der Waals surface area contributed by atoms with Crippen LogP contribution >= 0.6 is 11.3 Å². The molecule has 242 valence electrons. The Morgan fingerprint density at radius 3 is 2.24 bits per heavy atom. The molecule has 2 aliphatic rings. The summed E-state index contributed by atoms with van der Waals surface area (Å²) in [6, 6.07) is 24.6. The van der Waals surface area contributed by atoms with Gasteiger partial charge in [-0.3, -0.25) is 14.5 Å². The summed E-state index contributed by atoms with van der Waals surface area (Å²) in [5.74, 6) is 0.685. The fraction of sp³-hybridized carbons (Fsp3) is 0.294. The number of nitrogens with one attached hydrogen (secondary N) is 2. The first kappa shape index (κ1) is 38.7. The molecular formula is C34H43N3O7S. The standard InChI is InChI=1S/C32H33N3O3S.C2H2.4H2O/c36-30-16-15-28(34-30)32(37)33-24-11-9-23(10-12-24)31-27(26-5-1-2-6-29(26)39-31)21-22-7-13-25(14-8-22)38-20-19-35-17-3-4-18-35;1-2;;;;/h1-2,5-14,28H,3-4,15-21H2,(H,33,37)(H,34,36);1-2H;4*1H2. The van der Waals surface area contributed by atoms with Crippen LogP contribution < -0.4 is 15.4 Å². The minimum Gasteiger partial charge on any atom is -0.492 e. The number of hydrogen-bond donors (Lipinski definition) is 2. The van der Waals surface area contributed by atoms with Crippen LogP contribution in [0.15, 0.2) is 72.8 Å². The van der Waals surface area contributed by atoms with Crippen LogP contribution in [-0.2, 0) is 16.0 Å². The van der Waals surface area contributed by atoms with Gasteiger partial charge in [0.05, 0.1) is 0 Å². The van der Waals surface area contributed by atoms with Crippen molar-refractivity contribution in [1.82, 2.24) is 10.2 Å². The molecule has 2 aliphatic heterocycles. The summed E-state index contributed by atoms with van der Waals surface area (Å²) in [6.45, 7) is 4.10. The Balaban J connectivity index is 0.00000166. The summed E-state index contributed by atoms with van der Waals surface area (Å²) >= 11 is 1.80. The summed E-state index contributed by atoms with van der Waals surface area (Å²) < 4.78 is 7.27. The number of thiophene rings is 1. The average molecular weight is 638 g/mol. The van der Waals surface area contributed by atoms with Gasteiger partial charge in [-0.05, 0) is 91.2 Å². The molecule has 0 bridgehead atoms. The molecule has 45 heavy (non-hydrogen) atoms. The summed E-state index contributed by atoms with van der Waals surface area (Å²) in [6.07, 6.45) is 12.4. The third kappa shape index (κ3) is 9.60. The van der Waals surface area contributed by atoms with E-state index in [9.17, 15) is 9.59 Å². The van der Waals surface area contributed by atoms with Gasteiger partial charge >= 0.3 is 0 Å². The third-order valence-electron chi connectivity index (χ3n) is 7.60. The second kappa shape index (κ2) is 18.5. The first-order valence-corrected chi connectivity index (χ1v) is 14.9. The lowest BCUT2D eigenvalue weighted by Gasteiger charge is -2.15. The Hall–Kier alpha value is -4.28. The number of likely N-dealkylation sites (tertiary alicyclic amines) is 1. The molecule has 3 aromatic carbocycles. The maximum absolute atomic E-state index is 12.5. The van der Waals surface area contributed by atoms with Crippen LogP contribution in [0.3, 0.4) is 0 Å². The maximum atomic E-state index is 12.5. The van der Waals surface area contributed by atoms with Crippen molar-refractivity contribution in [2.75, 3.05) is 31.6 Å². The number of ether oxygens (including phenoxy) is 1. The van der Waals surface area contributed by atoms with E-state index in [0.29, 0.717) is 12.8 Å². The van der Waals surface area contributed by atoms with Crippen molar-refractivity contribution in [3.63, 3.8) is 0 Å². The minimum absolute atomic E-state index is 0. The average Bonchev–Trinajstić information content (AvgIpc) is 3.77. The van der Waals surface area contributed by atoms with Gasteiger partial charge in [0.1, 0.15) is 18.4 Å². The van der Waals surface area contributed by atoms with Crippen LogP contribution in [-0.4, -0.2) is 70.9 Å². The Morgan fingerprint density at radius 1 is 0.933 bits per heavy atom. The maximum Gasteiger partial charge on any atom is 0.246 e. The van der Waals surface area contributed by atoms with Crippen molar-refractivity contribution in [2.24, 2.45) is 0 Å². The molecule has 0 spiro atoms. The largest absolute Gasteiger partial charge is 0.492 e. The number of fused-ring (bicyclic) bond motifs is 1. The molecule has 0 radical (unpaired) electrons. The molecule has 2 saturated heterocycles. The number of rotatable bonds is 9. The summed E-state index contributed by atoms with van der Waals surface area (Å²) in [5.41, 5.74) is 4.41. The van der Waals surface area contributed by atoms with Crippen LogP contribution in [0.2, 0.25) is 0 Å². The van der Waals surface area contributed by atoms with Crippen molar-refractivity contribution in [2.45, 2.75) is 38.1 Å². The molecule has 6 rings (SSSR count). The monoisotopic (exact) mass is 637 g/mol. The molecule has 1 unspecified atom stereocenters. The van der Waals surface area contributed by atoms with E-state index in [1.807, 2.05) is 12.1 Å². The van der Waals surface area contributed by atoms with Gasteiger partial charge in [0, 0.05) is 28.2 Å². The molecule has 4 aromatic rings. The number of nitrogens with zero attached hydrogens (tertiary/aromatic N) is 1. The Morgan fingerprint density at radius 2 is 1.60 bits per heavy atom. The van der Waals surface area contributed by atoms with Crippen LogP contribution in [0.25, 0.3) is 20.5 Å². The van der Waals surface area contributed by atoms with Crippen molar-refractivity contribution < 1.29 is 36.2 Å². The van der Waals surface area contributed by atoms with Crippen LogP contribution in [0.5, 0.6) is 5.75 Å². The fourth-order valence-electron chi connectivity index (χ4n) is 5.46. The second-order valence-electron chi connectivity index (χ2n) is 10.3. The lowest BCUT2D eigenvalue weighted by atomic mass is 9.99. The lowest BCUT2D eigenvalue weighted by molar-refractivity contribution is -0.122. The molecule has 2 amide bonds. The molecule has 1 atom stereocenters. The Bertz CT molecular complexity index is 1510. The quantitative estimate of drug-likeness (QED) is 0.266. The summed E-state index contributed by atoms with van der Waals surface area (Å²) in [4.78, 5) is 27.7. The number of terminal acetylenes is 1. The summed E-state index contributed by atoms with van der Waals surface area (Å²) in [5, 5.41) is 6.93. The van der Waals surface area contributed by atoms with E-state index < -0.39 is 6.04 Å². The molecule has 1 aromatic heterocycles. The van der Waals surface area contributed by atoms with E-state index in [1.54, 1.807) is 11.3 Å². The number of amides is 2. The second-order valence-corrected chi connectivity index (χ2v) is 11.4. The zero-order valence-corrected chi connectivity index (χ0v) is 25.9. The zero-order valence-electron chi connectivity index (χ0n) is 25.1. The van der Waals surface area contributed by atoms with Gasteiger partial charge in [-0.1, -0.05) is 42.5 Å². The smallest absolute Gasteiger partial charge is 0.246 e. The topological polar surface area (TPSA) is 197 Å². The highest BCUT2D eigenvalue weighted by Gasteiger charge is 2.27. The molecule has 0 saturated carbocycles. The SMILES string of the molecule is C#C.O.O.O.O.O=C1CCC(C(=O)Nc2ccc(-c3sc4ccccc4c3Cc3ccc(OCCN4CCCC4)cc3)cc2)N1. The van der Waals surface area contributed by atoms with Crippen LogP contribution in [0.1, 0.15) is 36.8 Å². The molecule has 3 heterocycles. The van der Waals surface area contributed by atoms with Gasteiger partial charge < -0.3 is 37.3 Å². The molecule has 10 nitrogen and oxygen atoms in total. The number of carbonyl (C=O) groups excluding carboxylic acids is 2. The number of anilines is 1. The van der Waals surface area contributed by atoms with E-state index >= 15 is 0 Å². The molecular weight excluding hydrogens is 594 g/mol. The van der Waals surface area contributed by atoms with Gasteiger partial charge in [0.25, 0.3) is 0 Å². The number of hydrogen-bond acceptors (Lipinski definition) is 5. The highest BCUT2D eigenvalue weighted by molar-refractivity contribution is 7.22. The molecule has 11 heteroatoms. The minimum atomic E-state index is -0.451. The Labute approximate surface area is 267 Å². The van der Waals surface area contributed by atoms with Crippen molar-refractivity contribution in [3.05, 3.63) is 83.9 Å². The van der Waals surface area contributed by atoms with E-state index in [2.05, 4.69) is 89.0 Å². The fourth-order valence-corrected chi connectivity index (χ4v) is 6.69. The highest BCUT2D eigenvalue weighted by Crippen LogP contribution is 2.40. The molecule has 0 aliphatic carbocycles. The van der Waals surface area contributed by atoms with E-state index in [-0.39, 0.29) is 33.7 Å². The number of carbonyl (C=O) groups is 2. The van der Waals surface area contributed by atoms with Crippen LogP contribution in [0.4, 0.5) is 5.69 Å². The Kier molecular flexibility index (Phi) is 15.9. The van der Waals surface area contributed by atoms with Gasteiger partial charge in [-0.15, -0.1) is 24.2 Å². The molecule has 2 fully saturated rings. The predicted molar refractivity (Wildman–Crippen MR) is 182 cm³/mol. The normalized spacial score (nSPS) is 15.2. The lowest BCUT2D eigenvalue weighted by Crippen LogP contribution is -2.37. The van der Waals surface area contributed by atoms with Crippen molar-refractivity contribution in [1.29, 1.82) is 0 Å². The highest BCUT2D eigenvalue weighted by atomic mass is 32.1. The van der Waals surface area contributed by atoms with Gasteiger partial charge in [-0.2, -0.15) is 0 Å². The first-order valence-electron chi connectivity index (χ1n) is 14.1. The van der Waals surface area contributed by atoms with E-state index in [0.717, 1.165) is 36.6 Å². The van der Waals surface area contributed by atoms with Crippen LogP contribution in [0, 0.1) is 12.8 Å². The van der Waals surface area contributed by atoms with Gasteiger partial charge in [0.15, 0.2) is 0 Å².